The van der Waals surface area contributed by atoms with Crippen LogP contribution < -0.4 is 0 Å². The number of thiophene rings is 1. The van der Waals surface area contributed by atoms with Gasteiger partial charge in [-0.25, -0.2) is 0 Å². The fraction of sp³-hybridized carbons (Fsp3) is 0.194. The van der Waals surface area contributed by atoms with Gasteiger partial charge in [-0.3, -0.25) is 4.98 Å². The summed E-state index contributed by atoms with van der Waals surface area (Å²) in [7, 11) is 0. The Hall–Kier alpha value is -3.43. The third-order valence-electron chi connectivity index (χ3n) is 6.73. The number of furan rings is 1. The molecule has 0 N–H and O–H groups in total. The first-order valence-electron chi connectivity index (χ1n) is 11.7. The molecule has 0 saturated carbocycles. The molecule has 0 fully saturated rings. The second kappa shape index (κ2) is 7.54. The lowest BCUT2D eigenvalue weighted by molar-refractivity contribution is 0.596. The highest BCUT2D eigenvalue weighted by molar-refractivity contribution is 7.19. The number of rotatable bonds is 2. The summed E-state index contributed by atoms with van der Waals surface area (Å²) in [5, 5.41) is 4.89. The molecular weight excluding hydrogens is 434 g/mol. The largest absolute Gasteiger partial charge is 0.453 e. The number of benzene rings is 3. The Morgan fingerprint density at radius 1 is 0.824 bits per heavy atom. The van der Waals surface area contributed by atoms with E-state index in [0.29, 0.717) is 0 Å². The van der Waals surface area contributed by atoms with Crippen molar-refractivity contribution >= 4 is 43.2 Å². The van der Waals surface area contributed by atoms with Crippen LogP contribution in [0.5, 0.6) is 0 Å². The predicted octanol–water partition coefficient (Wildman–Crippen LogP) is 9.44. The first-order valence-corrected chi connectivity index (χ1v) is 12.5. The second-order valence-corrected chi connectivity index (χ2v) is 11.4. The molecule has 0 amide bonds. The van der Waals surface area contributed by atoms with E-state index >= 15 is 0 Å². The summed E-state index contributed by atoms with van der Waals surface area (Å²) in [6, 6.07) is 24.0. The Labute approximate surface area is 203 Å². The van der Waals surface area contributed by atoms with Gasteiger partial charge >= 0.3 is 0 Å². The first-order chi connectivity index (χ1) is 16.3. The van der Waals surface area contributed by atoms with Crippen LogP contribution in [-0.4, -0.2) is 4.98 Å². The smallest absolute Gasteiger partial charge is 0.161 e. The number of fused-ring (bicyclic) bond motifs is 3. The molecule has 0 spiro atoms. The summed E-state index contributed by atoms with van der Waals surface area (Å²) in [5.41, 5.74) is 6.49. The highest BCUT2D eigenvalue weighted by Gasteiger charge is 2.22. The van der Waals surface area contributed by atoms with Crippen LogP contribution in [0.25, 0.3) is 54.4 Å². The molecule has 6 aromatic rings. The van der Waals surface area contributed by atoms with Gasteiger partial charge in [0.2, 0.25) is 0 Å². The van der Waals surface area contributed by atoms with Crippen molar-refractivity contribution in [3.63, 3.8) is 0 Å². The van der Waals surface area contributed by atoms with Crippen molar-refractivity contribution in [2.45, 2.75) is 40.0 Å². The second-order valence-electron chi connectivity index (χ2n) is 10.2. The molecule has 3 aromatic heterocycles. The molecule has 0 bridgehead atoms. The van der Waals surface area contributed by atoms with Crippen molar-refractivity contribution in [1.29, 1.82) is 0 Å². The zero-order valence-electron chi connectivity index (χ0n) is 20.2. The van der Waals surface area contributed by atoms with Gasteiger partial charge in [-0.15, -0.1) is 11.3 Å². The van der Waals surface area contributed by atoms with Crippen LogP contribution in [-0.2, 0) is 5.41 Å². The molecule has 2 nitrogen and oxygen atoms in total. The van der Waals surface area contributed by atoms with Crippen molar-refractivity contribution < 1.29 is 4.42 Å². The highest BCUT2D eigenvalue weighted by Crippen LogP contribution is 2.42. The van der Waals surface area contributed by atoms with Crippen LogP contribution in [0.3, 0.4) is 0 Å². The summed E-state index contributed by atoms with van der Waals surface area (Å²) >= 11 is 1.82. The van der Waals surface area contributed by atoms with Crippen molar-refractivity contribution in [2.24, 2.45) is 0 Å². The van der Waals surface area contributed by atoms with Gasteiger partial charge in [0.05, 0.1) is 0 Å². The molecule has 0 aliphatic rings. The fourth-order valence-corrected chi connectivity index (χ4v) is 6.01. The minimum absolute atomic E-state index is 0.0141. The van der Waals surface area contributed by atoms with Gasteiger partial charge in [-0.2, -0.15) is 0 Å². The lowest BCUT2D eigenvalue weighted by Gasteiger charge is -2.22. The van der Waals surface area contributed by atoms with Crippen LogP contribution in [0.2, 0.25) is 0 Å². The molecule has 168 valence electrons. The SMILES string of the molecule is Cc1cc2c(-c3oc4c(-c5cc(C(C)(C)C)c6ccccc6c5)nccc4c3C)cccc2s1. The monoisotopic (exact) mass is 461 g/mol. The summed E-state index contributed by atoms with van der Waals surface area (Å²) in [6.45, 7) is 11.1. The fourth-order valence-electron chi connectivity index (χ4n) is 5.06. The number of hydrogen-bond acceptors (Lipinski definition) is 3. The average Bonchev–Trinajstić information content (AvgIpc) is 3.36. The third kappa shape index (κ3) is 3.26. The van der Waals surface area contributed by atoms with Crippen LogP contribution in [0, 0.1) is 13.8 Å². The average molecular weight is 462 g/mol. The van der Waals surface area contributed by atoms with E-state index < -0.39 is 0 Å². The van der Waals surface area contributed by atoms with E-state index in [1.54, 1.807) is 0 Å². The molecule has 0 aliphatic carbocycles. The van der Waals surface area contributed by atoms with E-state index in [1.165, 1.54) is 31.3 Å². The quantitative estimate of drug-likeness (QED) is 0.257. The Morgan fingerprint density at radius 3 is 2.47 bits per heavy atom. The standard InChI is InChI=1S/C31H27NOS/c1-18-15-25-24(11-8-12-27(25)34-18)29-19(2)22-13-14-32-28(30(22)33-29)21-16-20-9-6-7-10-23(20)26(17-21)31(3,4)5/h6-17H,1-5H3. The molecule has 0 aliphatic heterocycles. The van der Waals surface area contributed by atoms with Crippen molar-refractivity contribution in [1.82, 2.24) is 4.98 Å². The Balaban J connectivity index is 1.63. The maximum absolute atomic E-state index is 6.67. The molecule has 6 rings (SSSR count). The molecule has 0 saturated heterocycles. The predicted molar refractivity (Wildman–Crippen MR) is 146 cm³/mol. The third-order valence-corrected chi connectivity index (χ3v) is 7.74. The van der Waals surface area contributed by atoms with Gasteiger partial charge < -0.3 is 4.42 Å². The van der Waals surface area contributed by atoms with Crippen molar-refractivity contribution in [3.8, 4) is 22.6 Å². The zero-order chi connectivity index (χ0) is 23.6. The Morgan fingerprint density at radius 2 is 1.65 bits per heavy atom. The normalized spacial score (nSPS) is 12.3. The summed E-state index contributed by atoms with van der Waals surface area (Å²) in [5.74, 6) is 0.935. The minimum atomic E-state index is 0.0141. The zero-order valence-corrected chi connectivity index (χ0v) is 21.0. The maximum Gasteiger partial charge on any atom is 0.161 e. The number of aryl methyl sites for hydroxylation is 2. The highest BCUT2D eigenvalue weighted by atomic mass is 32.1. The van der Waals surface area contributed by atoms with Crippen LogP contribution in [0.15, 0.2) is 77.3 Å². The van der Waals surface area contributed by atoms with Crippen LogP contribution in [0.4, 0.5) is 0 Å². The van der Waals surface area contributed by atoms with Gasteiger partial charge in [0, 0.05) is 43.2 Å². The number of hydrogen-bond donors (Lipinski definition) is 0. The Kier molecular flexibility index (Phi) is 4.69. The molecule has 3 aromatic carbocycles. The topological polar surface area (TPSA) is 26.0 Å². The molecule has 0 unspecified atom stereocenters. The van der Waals surface area contributed by atoms with Crippen LogP contribution >= 0.6 is 11.3 Å². The van der Waals surface area contributed by atoms with E-state index in [2.05, 4.69) is 101 Å². The van der Waals surface area contributed by atoms with Crippen molar-refractivity contribution in [2.75, 3.05) is 0 Å². The van der Waals surface area contributed by atoms with Gasteiger partial charge in [0.25, 0.3) is 0 Å². The Bertz CT molecular complexity index is 1710. The van der Waals surface area contributed by atoms with Crippen LogP contribution in [0.1, 0.15) is 36.8 Å². The first kappa shape index (κ1) is 21.1. The molecule has 0 radical (unpaired) electrons. The molecular formula is C31H27NOS. The van der Waals surface area contributed by atoms with Gasteiger partial charge in [-0.05, 0) is 65.9 Å². The molecule has 3 heterocycles. The lowest BCUT2D eigenvalue weighted by atomic mass is 9.82. The molecule has 0 atom stereocenters. The summed E-state index contributed by atoms with van der Waals surface area (Å²) in [4.78, 5) is 6.14. The molecule has 3 heteroatoms. The number of nitrogens with zero attached hydrogens (tertiary/aromatic N) is 1. The number of pyridine rings is 1. The van der Waals surface area contributed by atoms with Gasteiger partial charge in [-0.1, -0.05) is 57.2 Å². The van der Waals surface area contributed by atoms with E-state index in [9.17, 15) is 0 Å². The van der Waals surface area contributed by atoms with E-state index in [4.69, 9.17) is 9.40 Å². The van der Waals surface area contributed by atoms with E-state index in [0.717, 1.165) is 39.1 Å². The van der Waals surface area contributed by atoms with E-state index in [-0.39, 0.29) is 5.41 Å². The van der Waals surface area contributed by atoms with Gasteiger partial charge in [0.1, 0.15) is 11.5 Å². The maximum atomic E-state index is 6.67. The van der Waals surface area contributed by atoms with Gasteiger partial charge in [0.15, 0.2) is 5.58 Å². The summed E-state index contributed by atoms with van der Waals surface area (Å²) < 4.78 is 7.96. The minimum Gasteiger partial charge on any atom is -0.453 e. The van der Waals surface area contributed by atoms with Crippen molar-refractivity contribution in [3.05, 3.63) is 88.9 Å². The molecule has 34 heavy (non-hydrogen) atoms. The van der Waals surface area contributed by atoms with E-state index in [1.807, 2.05) is 17.5 Å². The lowest BCUT2D eigenvalue weighted by Crippen LogP contribution is -2.12. The number of aromatic nitrogens is 1. The summed E-state index contributed by atoms with van der Waals surface area (Å²) in [6.07, 6.45) is 1.91.